The fraction of sp³-hybridized carbons (Fsp3) is 0.476. The van der Waals surface area contributed by atoms with E-state index in [9.17, 15) is 8.42 Å². The maximum atomic E-state index is 11.9. The van der Waals surface area contributed by atoms with Crippen LogP contribution in [0.25, 0.3) is 12.2 Å². The van der Waals surface area contributed by atoms with Crippen LogP contribution in [0.1, 0.15) is 46.8 Å². The number of aromatic amines is 1. The van der Waals surface area contributed by atoms with Crippen LogP contribution in [0.5, 0.6) is 0 Å². The molecule has 0 radical (unpaired) electrons. The molecule has 4 heterocycles. The van der Waals surface area contributed by atoms with Crippen molar-refractivity contribution in [3.8, 4) is 0 Å². The predicted octanol–water partition coefficient (Wildman–Crippen LogP) is 3.27. The zero-order chi connectivity index (χ0) is 23.0. The Hall–Kier alpha value is -2.50. The van der Waals surface area contributed by atoms with Crippen molar-refractivity contribution in [1.82, 2.24) is 29.4 Å². The van der Waals surface area contributed by atoms with Crippen LogP contribution < -0.4 is 0 Å². The second-order valence-corrected chi connectivity index (χ2v) is 11.0. The fourth-order valence-electron chi connectivity index (χ4n) is 4.06. The van der Waals surface area contributed by atoms with Crippen molar-refractivity contribution < 1.29 is 12.8 Å². The summed E-state index contributed by atoms with van der Waals surface area (Å²) >= 11 is 5.40. The molecule has 1 unspecified atom stereocenters. The Kier molecular flexibility index (Phi) is 6.24. The average Bonchev–Trinajstić information content (AvgIpc) is 3.45. The molecule has 3 aromatic heterocycles. The first-order valence-corrected chi connectivity index (χ1v) is 12.7. The zero-order valence-corrected chi connectivity index (χ0v) is 20.3. The van der Waals surface area contributed by atoms with Crippen molar-refractivity contribution >= 4 is 34.2 Å². The molecule has 1 aliphatic heterocycles. The Morgan fingerprint density at radius 1 is 1.31 bits per heavy atom. The lowest BCUT2D eigenvalue weighted by Gasteiger charge is -2.18. The van der Waals surface area contributed by atoms with E-state index < -0.39 is 9.84 Å². The molecule has 9 nitrogen and oxygen atoms in total. The van der Waals surface area contributed by atoms with Crippen molar-refractivity contribution in [3.05, 3.63) is 51.2 Å². The van der Waals surface area contributed by atoms with Crippen LogP contribution in [0.3, 0.4) is 0 Å². The van der Waals surface area contributed by atoms with Gasteiger partial charge in [0.15, 0.2) is 9.84 Å². The number of sulfone groups is 1. The van der Waals surface area contributed by atoms with E-state index in [1.807, 2.05) is 56.8 Å². The van der Waals surface area contributed by atoms with Gasteiger partial charge in [-0.15, -0.1) is 0 Å². The van der Waals surface area contributed by atoms with Crippen LogP contribution in [0, 0.1) is 25.5 Å². The molecule has 3 aromatic rings. The number of hydrogen-bond donors (Lipinski definition) is 1. The molecule has 0 spiro atoms. The zero-order valence-electron chi connectivity index (χ0n) is 18.7. The number of nitrogens with one attached hydrogen (secondary N) is 1. The van der Waals surface area contributed by atoms with E-state index in [4.69, 9.17) is 16.6 Å². The second kappa shape index (κ2) is 8.80. The molecule has 4 rings (SSSR count). The van der Waals surface area contributed by atoms with Gasteiger partial charge in [-0.1, -0.05) is 0 Å². The molecule has 32 heavy (non-hydrogen) atoms. The van der Waals surface area contributed by atoms with Crippen LogP contribution in [-0.4, -0.2) is 56.4 Å². The van der Waals surface area contributed by atoms with Gasteiger partial charge in [0.25, 0.3) is 0 Å². The number of nitrogens with zero attached hydrogens (tertiary/aromatic N) is 5. The number of furan rings is 1. The average molecular weight is 477 g/mol. The van der Waals surface area contributed by atoms with E-state index >= 15 is 0 Å². The Balaban J connectivity index is 1.44. The highest BCUT2D eigenvalue weighted by Gasteiger charge is 2.31. The van der Waals surface area contributed by atoms with Crippen LogP contribution in [0.15, 0.2) is 16.5 Å². The topological polar surface area (TPSA) is 102 Å². The summed E-state index contributed by atoms with van der Waals surface area (Å²) in [7, 11) is -0.960. The van der Waals surface area contributed by atoms with Crippen molar-refractivity contribution in [2.75, 3.05) is 18.6 Å². The van der Waals surface area contributed by atoms with Crippen molar-refractivity contribution in [1.29, 1.82) is 0 Å². The van der Waals surface area contributed by atoms with Gasteiger partial charge in [0.2, 0.25) is 4.77 Å². The van der Waals surface area contributed by atoms with E-state index in [2.05, 4.69) is 20.1 Å². The van der Waals surface area contributed by atoms with Crippen molar-refractivity contribution in [2.45, 2.75) is 46.4 Å². The highest BCUT2D eigenvalue weighted by Crippen LogP contribution is 2.27. The van der Waals surface area contributed by atoms with Crippen LogP contribution in [0.2, 0.25) is 0 Å². The van der Waals surface area contributed by atoms with Crippen molar-refractivity contribution in [2.24, 2.45) is 0 Å². The summed E-state index contributed by atoms with van der Waals surface area (Å²) in [6.45, 7) is 7.07. The monoisotopic (exact) mass is 476 g/mol. The first-order valence-electron chi connectivity index (χ1n) is 10.5. The third-order valence-corrected chi connectivity index (χ3v) is 7.77. The Bertz CT molecular complexity index is 1310. The Morgan fingerprint density at radius 3 is 2.75 bits per heavy atom. The van der Waals surface area contributed by atoms with Crippen molar-refractivity contribution in [3.63, 3.8) is 0 Å². The Morgan fingerprint density at radius 2 is 2.09 bits per heavy atom. The molecule has 172 valence electrons. The van der Waals surface area contributed by atoms with Gasteiger partial charge in [-0.3, -0.25) is 14.7 Å². The van der Waals surface area contributed by atoms with Crippen LogP contribution in [0.4, 0.5) is 0 Å². The molecular weight excluding hydrogens is 448 g/mol. The van der Waals surface area contributed by atoms with E-state index in [0.29, 0.717) is 30.2 Å². The van der Waals surface area contributed by atoms with Gasteiger partial charge in [0.05, 0.1) is 29.9 Å². The number of hydrogen-bond acceptors (Lipinski definition) is 7. The normalized spacial score (nSPS) is 18.3. The molecule has 0 amide bonds. The van der Waals surface area contributed by atoms with Gasteiger partial charge in [-0.25, -0.2) is 13.1 Å². The van der Waals surface area contributed by atoms with Gasteiger partial charge >= 0.3 is 0 Å². The predicted molar refractivity (Wildman–Crippen MR) is 125 cm³/mol. The molecule has 0 bridgehead atoms. The minimum atomic E-state index is -2.96. The molecular formula is C21H28N6O3S2. The molecule has 11 heteroatoms. The summed E-state index contributed by atoms with van der Waals surface area (Å²) in [4.78, 5) is 6.51. The quantitative estimate of drug-likeness (QED) is 0.522. The summed E-state index contributed by atoms with van der Waals surface area (Å²) in [6, 6.07) is 3.73. The highest BCUT2D eigenvalue weighted by atomic mass is 32.2. The standard InChI is InChI=1S/C21H28N6O3S2/c1-14-5-6-18(30-14)7-8-20-22-21(31)26(24-20)13-25(4)11-19-15(2)23-27(16(19)3)17-9-10-32(28,29)12-17/h5-8,17H,9-13H2,1-4H3,(H,22,24,31). The van der Waals surface area contributed by atoms with E-state index in [0.717, 1.165) is 28.5 Å². The van der Waals surface area contributed by atoms with E-state index in [1.54, 1.807) is 4.68 Å². The third-order valence-electron chi connectivity index (χ3n) is 5.70. The summed E-state index contributed by atoms with van der Waals surface area (Å²) in [6.07, 6.45) is 4.30. The van der Waals surface area contributed by atoms with E-state index in [-0.39, 0.29) is 17.5 Å². The minimum Gasteiger partial charge on any atom is -0.462 e. The SMILES string of the molecule is Cc1ccc(C=Cc2nc(=S)n(CN(C)Cc3c(C)nn(C4CCS(=O)(=O)C4)c3C)[nH]2)o1. The largest absolute Gasteiger partial charge is 0.462 e. The molecule has 0 aliphatic carbocycles. The lowest BCUT2D eigenvalue weighted by atomic mass is 10.2. The number of aromatic nitrogens is 5. The molecule has 1 fully saturated rings. The lowest BCUT2D eigenvalue weighted by Crippen LogP contribution is -2.23. The molecule has 1 aliphatic rings. The van der Waals surface area contributed by atoms with Gasteiger partial charge in [0, 0.05) is 17.8 Å². The minimum absolute atomic E-state index is 0.0775. The first-order chi connectivity index (χ1) is 15.1. The lowest BCUT2D eigenvalue weighted by molar-refractivity contribution is 0.243. The molecule has 1 saturated heterocycles. The summed E-state index contributed by atoms with van der Waals surface area (Å²) < 4.78 is 33.5. The van der Waals surface area contributed by atoms with Gasteiger partial charge in [-0.05, 0) is 70.7 Å². The second-order valence-electron chi connectivity index (χ2n) is 8.41. The maximum Gasteiger partial charge on any atom is 0.217 e. The van der Waals surface area contributed by atoms with Crippen LogP contribution >= 0.6 is 12.2 Å². The van der Waals surface area contributed by atoms with Crippen LogP contribution in [-0.2, 0) is 23.1 Å². The summed E-state index contributed by atoms with van der Waals surface area (Å²) in [5.74, 6) is 2.67. The maximum absolute atomic E-state index is 11.9. The van der Waals surface area contributed by atoms with Gasteiger partial charge < -0.3 is 4.42 Å². The fourth-order valence-corrected chi connectivity index (χ4v) is 5.95. The third kappa shape index (κ3) is 4.94. The molecule has 1 N–H and O–H groups in total. The number of rotatable bonds is 7. The summed E-state index contributed by atoms with van der Waals surface area (Å²) in [5.41, 5.74) is 3.04. The Labute approximate surface area is 192 Å². The smallest absolute Gasteiger partial charge is 0.217 e. The highest BCUT2D eigenvalue weighted by molar-refractivity contribution is 7.91. The number of H-pyrrole nitrogens is 1. The number of aryl methyl sites for hydroxylation is 2. The molecule has 0 saturated carbocycles. The summed E-state index contributed by atoms with van der Waals surface area (Å²) in [5, 5.41) is 7.86. The first kappa shape index (κ1) is 22.7. The van der Waals surface area contributed by atoms with E-state index in [1.165, 1.54) is 0 Å². The molecule has 0 aromatic carbocycles. The van der Waals surface area contributed by atoms with Gasteiger partial charge in [0.1, 0.15) is 17.3 Å². The molecule has 1 atom stereocenters. The van der Waals surface area contributed by atoms with Gasteiger partial charge in [-0.2, -0.15) is 10.1 Å².